The Kier molecular flexibility index (Phi) is 6.35. The van der Waals surface area contributed by atoms with Crippen molar-refractivity contribution in [3.63, 3.8) is 0 Å². The molecule has 2 heterocycles. The molecule has 0 aromatic carbocycles. The monoisotopic (exact) mass is 332 g/mol. The third kappa shape index (κ3) is 5.56. The number of rotatable bonds is 6. The molecule has 0 aliphatic carbocycles. The fourth-order valence-corrected chi connectivity index (χ4v) is 2.95. The van der Waals surface area contributed by atoms with Crippen LogP contribution in [-0.4, -0.2) is 47.7 Å². The van der Waals surface area contributed by atoms with Crippen molar-refractivity contribution in [3.8, 4) is 0 Å². The molecule has 0 atom stereocenters. The van der Waals surface area contributed by atoms with Gasteiger partial charge in [-0.15, -0.1) is 0 Å². The molecule has 1 aliphatic heterocycles. The van der Waals surface area contributed by atoms with Crippen molar-refractivity contribution in [2.24, 2.45) is 0 Å². The second-order valence-corrected chi connectivity index (χ2v) is 7.90. The van der Waals surface area contributed by atoms with Gasteiger partial charge in [0.15, 0.2) is 0 Å². The van der Waals surface area contributed by atoms with Gasteiger partial charge in [-0.1, -0.05) is 32.9 Å². The first kappa shape index (κ1) is 18.9. The molecule has 1 aliphatic rings. The Balaban J connectivity index is 2.04. The van der Waals surface area contributed by atoms with Crippen molar-refractivity contribution >= 4 is 5.82 Å². The topological polar surface area (TPSA) is 50.3 Å². The van der Waals surface area contributed by atoms with Crippen LogP contribution < -0.4 is 5.32 Å². The highest BCUT2D eigenvalue weighted by Gasteiger charge is 2.22. The maximum atomic E-state index is 5.26. The van der Waals surface area contributed by atoms with Crippen LogP contribution in [0.1, 0.15) is 52.1 Å². The fourth-order valence-electron chi connectivity index (χ4n) is 2.95. The summed E-state index contributed by atoms with van der Waals surface area (Å²) in [6.45, 7) is 16.2. The number of methoxy groups -OCH3 is 1. The van der Waals surface area contributed by atoms with Gasteiger partial charge >= 0.3 is 0 Å². The van der Waals surface area contributed by atoms with Crippen LogP contribution >= 0.6 is 0 Å². The van der Waals surface area contributed by atoms with Gasteiger partial charge in [0.25, 0.3) is 0 Å². The van der Waals surface area contributed by atoms with E-state index in [0.29, 0.717) is 12.6 Å². The number of nitrogens with one attached hydrogen (secondary N) is 1. The number of ether oxygens (including phenoxy) is 1. The minimum Gasteiger partial charge on any atom is -0.378 e. The van der Waals surface area contributed by atoms with Crippen molar-refractivity contribution in [1.29, 1.82) is 0 Å². The zero-order chi connectivity index (χ0) is 17.7. The molecule has 5 heteroatoms. The number of likely N-dealkylation sites (tertiary alicyclic amines) is 1. The summed E-state index contributed by atoms with van der Waals surface area (Å²) in [5, 5.41) is 3.61. The van der Waals surface area contributed by atoms with E-state index in [4.69, 9.17) is 9.72 Å². The molecule has 0 saturated carbocycles. The smallest absolute Gasteiger partial charge is 0.136 e. The quantitative estimate of drug-likeness (QED) is 0.810. The van der Waals surface area contributed by atoms with Crippen molar-refractivity contribution in [2.45, 2.75) is 58.6 Å². The van der Waals surface area contributed by atoms with E-state index < -0.39 is 0 Å². The van der Waals surface area contributed by atoms with E-state index in [-0.39, 0.29) is 5.41 Å². The average molecular weight is 332 g/mol. The first-order chi connectivity index (χ1) is 11.3. The second kappa shape index (κ2) is 8.08. The Morgan fingerprint density at radius 2 is 2.00 bits per heavy atom. The summed E-state index contributed by atoms with van der Waals surface area (Å²) in [4.78, 5) is 11.9. The lowest BCUT2D eigenvalue weighted by atomic mass is 9.95. The number of anilines is 1. The summed E-state index contributed by atoms with van der Waals surface area (Å²) in [6, 6.07) is 2.48. The fraction of sp³-hybridized carbons (Fsp3) is 0.684. The van der Waals surface area contributed by atoms with Crippen LogP contribution in [0.25, 0.3) is 0 Å². The number of hydrogen-bond donors (Lipinski definition) is 1. The molecule has 1 aromatic heterocycles. The van der Waals surface area contributed by atoms with Gasteiger partial charge < -0.3 is 10.1 Å². The van der Waals surface area contributed by atoms with Crippen LogP contribution in [0.2, 0.25) is 0 Å². The molecular weight excluding hydrogens is 300 g/mol. The Labute approximate surface area is 146 Å². The van der Waals surface area contributed by atoms with Crippen molar-refractivity contribution in [1.82, 2.24) is 14.9 Å². The molecule has 1 saturated heterocycles. The molecular formula is C19H32N4O. The number of nitrogens with zero attached hydrogens (tertiary/aromatic N) is 3. The lowest BCUT2D eigenvalue weighted by Gasteiger charge is -2.33. The van der Waals surface area contributed by atoms with Crippen LogP contribution in [0.5, 0.6) is 0 Å². The van der Waals surface area contributed by atoms with E-state index in [9.17, 15) is 0 Å². The minimum absolute atomic E-state index is 0.0783. The molecule has 0 bridgehead atoms. The molecule has 0 radical (unpaired) electrons. The largest absolute Gasteiger partial charge is 0.378 e. The zero-order valence-electron chi connectivity index (χ0n) is 15.9. The van der Waals surface area contributed by atoms with Gasteiger partial charge in [-0.2, -0.15) is 0 Å². The first-order valence-corrected chi connectivity index (χ1v) is 8.78. The Hall–Kier alpha value is -1.46. The predicted molar refractivity (Wildman–Crippen MR) is 99.3 cm³/mol. The lowest BCUT2D eigenvalue weighted by molar-refractivity contribution is 0.181. The van der Waals surface area contributed by atoms with Crippen LogP contribution in [0.3, 0.4) is 0 Å². The van der Waals surface area contributed by atoms with Gasteiger partial charge in [0.2, 0.25) is 0 Å². The second-order valence-electron chi connectivity index (χ2n) is 7.90. The third-order valence-corrected chi connectivity index (χ3v) is 4.18. The maximum Gasteiger partial charge on any atom is 0.136 e. The standard InChI is InChI=1S/C19H32N4O/c1-14(2)12-23-9-7-15(8-10-23)20-17-11-16(13-24-6)21-18(22-17)19(3,4)5/h11,15H,1,7-10,12-13H2,2-6H3,(H,20,21,22). The van der Waals surface area contributed by atoms with Gasteiger partial charge in [0, 0.05) is 44.3 Å². The molecule has 0 amide bonds. The van der Waals surface area contributed by atoms with Crippen LogP contribution in [0.15, 0.2) is 18.2 Å². The van der Waals surface area contributed by atoms with Crippen LogP contribution in [0, 0.1) is 0 Å². The molecule has 2 rings (SSSR count). The molecule has 5 nitrogen and oxygen atoms in total. The van der Waals surface area contributed by atoms with E-state index >= 15 is 0 Å². The van der Waals surface area contributed by atoms with Crippen LogP contribution in [-0.2, 0) is 16.8 Å². The molecule has 24 heavy (non-hydrogen) atoms. The summed E-state index contributed by atoms with van der Waals surface area (Å²) in [7, 11) is 1.70. The lowest BCUT2D eigenvalue weighted by Crippen LogP contribution is -2.40. The van der Waals surface area contributed by atoms with E-state index in [1.165, 1.54) is 5.57 Å². The highest BCUT2D eigenvalue weighted by Crippen LogP contribution is 2.22. The van der Waals surface area contributed by atoms with Gasteiger partial charge in [-0.05, 0) is 19.8 Å². The van der Waals surface area contributed by atoms with Gasteiger partial charge in [-0.3, -0.25) is 4.90 Å². The van der Waals surface area contributed by atoms with Crippen molar-refractivity contribution < 1.29 is 4.74 Å². The first-order valence-electron chi connectivity index (χ1n) is 8.78. The minimum atomic E-state index is -0.0783. The zero-order valence-corrected chi connectivity index (χ0v) is 15.9. The maximum absolute atomic E-state index is 5.26. The van der Waals surface area contributed by atoms with E-state index in [0.717, 1.165) is 49.8 Å². The number of piperidine rings is 1. The number of hydrogen-bond acceptors (Lipinski definition) is 5. The summed E-state index contributed by atoms with van der Waals surface area (Å²) < 4.78 is 5.26. The molecule has 1 aromatic rings. The van der Waals surface area contributed by atoms with Gasteiger partial charge in [0.05, 0.1) is 12.3 Å². The number of aromatic nitrogens is 2. The predicted octanol–water partition coefficient (Wildman–Crippen LogP) is 3.37. The van der Waals surface area contributed by atoms with E-state index in [2.05, 4.69) is 49.5 Å². The van der Waals surface area contributed by atoms with E-state index in [1.807, 2.05) is 6.07 Å². The molecule has 0 spiro atoms. The SMILES string of the molecule is C=C(C)CN1CCC(Nc2cc(COC)nc(C(C)(C)C)n2)CC1. The summed E-state index contributed by atoms with van der Waals surface area (Å²) in [6.07, 6.45) is 2.25. The van der Waals surface area contributed by atoms with Gasteiger partial charge in [0.1, 0.15) is 11.6 Å². The summed E-state index contributed by atoms with van der Waals surface area (Å²) >= 11 is 0. The molecule has 134 valence electrons. The van der Waals surface area contributed by atoms with Crippen molar-refractivity contribution in [2.75, 3.05) is 32.1 Å². The molecule has 1 fully saturated rings. The van der Waals surface area contributed by atoms with Gasteiger partial charge in [-0.25, -0.2) is 9.97 Å². The molecule has 0 unspecified atom stereocenters. The Morgan fingerprint density at radius 1 is 1.33 bits per heavy atom. The Bertz CT molecular complexity index is 557. The highest BCUT2D eigenvalue weighted by atomic mass is 16.5. The normalized spacial score (nSPS) is 17.0. The van der Waals surface area contributed by atoms with Crippen molar-refractivity contribution in [3.05, 3.63) is 29.7 Å². The van der Waals surface area contributed by atoms with Crippen LogP contribution in [0.4, 0.5) is 5.82 Å². The Morgan fingerprint density at radius 3 is 2.54 bits per heavy atom. The average Bonchev–Trinajstić information content (AvgIpc) is 2.48. The van der Waals surface area contributed by atoms with E-state index in [1.54, 1.807) is 7.11 Å². The molecule has 1 N–H and O–H groups in total. The third-order valence-electron chi connectivity index (χ3n) is 4.18. The summed E-state index contributed by atoms with van der Waals surface area (Å²) in [5.74, 6) is 1.78. The summed E-state index contributed by atoms with van der Waals surface area (Å²) in [5.41, 5.74) is 2.08. The highest BCUT2D eigenvalue weighted by molar-refractivity contribution is 5.38.